The van der Waals surface area contributed by atoms with E-state index in [0.717, 1.165) is 5.56 Å². The number of carbonyl (C=O) groups is 3. The number of Topliss-reactive ketones (excluding diaryl/α,β-unsaturated/α-hetero) is 1. The fourth-order valence-electron chi connectivity index (χ4n) is 3.04. The van der Waals surface area contributed by atoms with Gasteiger partial charge >= 0.3 is 0 Å². The summed E-state index contributed by atoms with van der Waals surface area (Å²) >= 11 is 0. The number of rotatable bonds is 6. The Kier molecular flexibility index (Phi) is 6.01. The molecule has 0 saturated carbocycles. The molecule has 0 aliphatic carbocycles. The first kappa shape index (κ1) is 20.6. The van der Waals surface area contributed by atoms with Gasteiger partial charge in [-0.1, -0.05) is 26.0 Å². The molecule has 6 heteroatoms. The van der Waals surface area contributed by atoms with Crippen LogP contribution in [0, 0.1) is 5.92 Å². The van der Waals surface area contributed by atoms with Gasteiger partial charge in [0.25, 0.3) is 11.8 Å². The lowest BCUT2D eigenvalue weighted by Crippen LogP contribution is -2.38. The number of ketones is 1. The Balaban J connectivity index is 1.85. The van der Waals surface area contributed by atoms with E-state index in [1.807, 2.05) is 19.1 Å². The number of carbonyl (C=O) groups excluding carboxylic acids is 3. The summed E-state index contributed by atoms with van der Waals surface area (Å²) in [7, 11) is 0. The maximum absolute atomic E-state index is 12.5. The lowest BCUT2D eigenvalue weighted by Gasteiger charge is -2.30. The largest absolute Gasteiger partial charge is 0.482 e. The third-order valence-electron chi connectivity index (χ3n) is 5.20. The van der Waals surface area contributed by atoms with Crippen LogP contribution in [0.1, 0.15) is 54.0 Å². The zero-order valence-corrected chi connectivity index (χ0v) is 17.2. The Morgan fingerprint density at radius 3 is 2.55 bits per heavy atom. The first-order valence-electron chi connectivity index (χ1n) is 9.74. The van der Waals surface area contributed by atoms with E-state index in [1.54, 1.807) is 35.2 Å². The second-order valence-electron chi connectivity index (χ2n) is 7.71. The maximum atomic E-state index is 12.5. The van der Waals surface area contributed by atoms with Crippen LogP contribution in [-0.4, -0.2) is 30.2 Å². The number of benzene rings is 2. The monoisotopic (exact) mass is 394 g/mol. The summed E-state index contributed by atoms with van der Waals surface area (Å²) in [6.07, 6.45) is 0. The molecule has 2 aromatic carbocycles. The molecule has 152 valence electrons. The van der Waals surface area contributed by atoms with E-state index in [0.29, 0.717) is 28.5 Å². The van der Waals surface area contributed by atoms with Gasteiger partial charge in [-0.15, -0.1) is 0 Å². The second kappa shape index (κ2) is 8.47. The third-order valence-corrected chi connectivity index (χ3v) is 5.20. The van der Waals surface area contributed by atoms with E-state index in [1.165, 1.54) is 6.92 Å². The van der Waals surface area contributed by atoms with E-state index in [-0.39, 0.29) is 36.8 Å². The second-order valence-corrected chi connectivity index (χ2v) is 7.71. The molecule has 1 atom stereocenters. The average molecular weight is 394 g/mol. The van der Waals surface area contributed by atoms with Gasteiger partial charge in [0.2, 0.25) is 0 Å². The van der Waals surface area contributed by atoms with Gasteiger partial charge in [-0.05, 0) is 55.7 Å². The highest BCUT2D eigenvalue weighted by Crippen LogP contribution is 2.34. The molecule has 1 aliphatic heterocycles. The Bertz CT molecular complexity index is 952. The van der Waals surface area contributed by atoms with Crippen LogP contribution in [0.25, 0.3) is 0 Å². The van der Waals surface area contributed by atoms with Crippen LogP contribution in [-0.2, 0) is 11.3 Å². The van der Waals surface area contributed by atoms with E-state index in [2.05, 4.69) is 19.2 Å². The Labute approximate surface area is 170 Å². The first-order valence-corrected chi connectivity index (χ1v) is 9.74. The normalized spacial score (nSPS) is 14.2. The summed E-state index contributed by atoms with van der Waals surface area (Å²) in [5, 5.41) is 2.99. The zero-order valence-electron chi connectivity index (χ0n) is 17.2. The van der Waals surface area contributed by atoms with Crippen molar-refractivity contribution in [2.45, 2.75) is 40.3 Å². The summed E-state index contributed by atoms with van der Waals surface area (Å²) in [5.41, 5.74) is 2.46. The molecular weight excluding hydrogens is 368 g/mol. The number of hydrogen-bond acceptors (Lipinski definition) is 4. The van der Waals surface area contributed by atoms with Crippen molar-refractivity contribution in [3.05, 3.63) is 59.2 Å². The summed E-state index contributed by atoms with van der Waals surface area (Å²) < 4.78 is 5.50. The van der Waals surface area contributed by atoms with E-state index < -0.39 is 0 Å². The molecule has 3 rings (SSSR count). The third kappa shape index (κ3) is 4.65. The van der Waals surface area contributed by atoms with Gasteiger partial charge in [0.1, 0.15) is 5.75 Å². The zero-order chi connectivity index (χ0) is 21.1. The first-order chi connectivity index (χ1) is 13.8. The quantitative estimate of drug-likeness (QED) is 0.760. The Hall–Kier alpha value is -3.15. The summed E-state index contributed by atoms with van der Waals surface area (Å²) in [6.45, 7) is 7.80. The Morgan fingerprint density at radius 2 is 1.86 bits per heavy atom. The van der Waals surface area contributed by atoms with Crippen LogP contribution in [0.15, 0.2) is 42.5 Å². The fraction of sp³-hybridized carbons (Fsp3) is 0.348. The molecule has 1 heterocycles. The van der Waals surface area contributed by atoms with Gasteiger partial charge in [-0.25, -0.2) is 0 Å². The van der Waals surface area contributed by atoms with E-state index >= 15 is 0 Å². The van der Waals surface area contributed by atoms with Crippen LogP contribution < -0.4 is 15.0 Å². The van der Waals surface area contributed by atoms with Crippen molar-refractivity contribution in [3.8, 4) is 5.75 Å². The molecule has 0 aromatic heterocycles. The number of fused-ring (bicyclic) bond motifs is 1. The number of hydrogen-bond donors (Lipinski definition) is 1. The predicted octanol–water partition coefficient (Wildman–Crippen LogP) is 3.59. The van der Waals surface area contributed by atoms with Gasteiger partial charge in [-0.3, -0.25) is 14.4 Å². The van der Waals surface area contributed by atoms with Crippen LogP contribution in [0.2, 0.25) is 0 Å². The topological polar surface area (TPSA) is 75.7 Å². The fourth-order valence-corrected chi connectivity index (χ4v) is 3.04. The van der Waals surface area contributed by atoms with Crippen LogP contribution in [0.4, 0.5) is 5.69 Å². The minimum absolute atomic E-state index is 0.0570. The molecule has 2 amide bonds. The Morgan fingerprint density at radius 1 is 1.10 bits per heavy atom. The predicted molar refractivity (Wildman–Crippen MR) is 111 cm³/mol. The van der Waals surface area contributed by atoms with Crippen molar-refractivity contribution in [1.82, 2.24) is 5.32 Å². The number of nitrogens with zero attached hydrogens (tertiary/aromatic N) is 1. The summed E-state index contributed by atoms with van der Waals surface area (Å²) in [4.78, 5) is 38.4. The standard InChI is InChI=1S/C23H26N2O4/c1-14(2)15(3)24-23(28)19-7-5-6-17(10-19)12-25-20-11-18(16(4)26)8-9-21(20)29-13-22(25)27/h5-11,14-15H,12-13H2,1-4H3,(H,24,28). The van der Waals surface area contributed by atoms with Gasteiger partial charge in [-0.2, -0.15) is 0 Å². The molecule has 0 radical (unpaired) electrons. The number of ether oxygens (including phenoxy) is 1. The smallest absolute Gasteiger partial charge is 0.265 e. The van der Waals surface area contributed by atoms with Crippen molar-refractivity contribution < 1.29 is 19.1 Å². The number of nitrogens with one attached hydrogen (secondary N) is 1. The molecular formula is C23H26N2O4. The average Bonchev–Trinajstić information content (AvgIpc) is 2.69. The molecule has 0 spiro atoms. The number of amides is 2. The van der Waals surface area contributed by atoms with E-state index in [9.17, 15) is 14.4 Å². The summed E-state index contributed by atoms with van der Waals surface area (Å²) in [6, 6.07) is 12.4. The van der Waals surface area contributed by atoms with Crippen LogP contribution >= 0.6 is 0 Å². The summed E-state index contributed by atoms with van der Waals surface area (Å²) in [5.74, 6) is 0.486. The molecule has 2 aromatic rings. The lowest BCUT2D eigenvalue weighted by molar-refractivity contribution is -0.121. The molecule has 0 bridgehead atoms. The highest BCUT2D eigenvalue weighted by molar-refractivity contribution is 6.01. The van der Waals surface area contributed by atoms with Gasteiger partial charge in [0.15, 0.2) is 12.4 Å². The highest BCUT2D eigenvalue weighted by atomic mass is 16.5. The minimum Gasteiger partial charge on any atom is -0.482 e. The molecule has 1 N–H and O–H groups in total. The van der Waals surface area contributed by atoms with Crippen LogP contribution in [0.5, 0.6) is 5.75 Å². The van der Waals surface area contributed by atoms with Gasteiger partial charge in [0, 0.05) is 17.2 Å². The highest BCUT2D eigenvalue weighted by Gasteiger charge is 2.26. The van der Waals surface area contributed by atoms with Gasteiger partial charge in [0.05, 0.1) is 12.2 Å². The SMILES string of the molecule is CC(=O)c1ccc2c(c1)N(Cc1cccc(C(=O)NC(C)C(C)C)c1)C(=O)CO2. The van der Waals surface area contributed by atoms with Crippen LogP contribution in [0.3, 0.4) is 0 Å². The van der Waals surface area contributed by atoms with Crippen molar-refractivity contribution in [2.75, 3.05) is 11.5 Å². The maximum Gasteiger partial charge on any atom is 0.265 e. The molecule has 1 unspecified atom stereocenters. The van der Waals surface area contributed by atoms with Crippen molar-refractivity contribution in [1.29, 1.82) is 0 Å². The molecule has 1 aliphatic rings. The molecule has 6 nitrogen and oxygen atoms in total. The van der Waals surface area contributed by atoms with Crippen molar-refractivity contribution in [3.63, 3.8) is 0 Å². The van der Waals surface area contributed by atoms with Crippen molar-refractivity contribution in [2.24, 2.45) is 5.92 Å². The molecule has 29 heavy (non-hydrogen) atoms. The molecule has 0 saturated heterocycles. The van der Waals surface area contributed by atoms with Crippen molar-refractivity contribution >= 4 is 23.3 Å². The lowest BCUT2D eigenvalue weighted by atomic mass is 10.0. The minimum atomic E-state index is -0.193. The number of anilines is 1. The van der Waals surface area contributed by atoms with Gasteiger partial charge < -0.3 is 15.0 Å². The van der Waals surface area contributed by atoms with E-state index in [4.69, 9.17) is 4.74 Å². The molecule has 0 fully saturated rings.